The normalized spacial score (nSPS) is 11.2. The third-order valence-corrected chi connectivity index (χ3v) is 5.23. The summed E-state index contributed by atoms with van der Waals surface area (Å²) in [7, 11) is -3.88. The molecular formula is C18H21BrN2O4S. The number of primary sulfonamides is 1. The Bertz CT molecular complexity index is 885. The lowest BCUT2D eigenvalue weighted by molar-refractivity contribution is 0.0950. The molecule has 26 heavy (non-hydrogen) atoms. The van der Waals surface area contributed by atoms with E-state index in [1.54, 1.807) is 0 Å². The molecule has 6 nitrogen and oxygen atoms in total. The van der Waals surface area contributed by atoms with Gasteiger partial charge in [0, 0.05) is 11.0 Å². The first-order valence-corrected chi connectivity index (χ1v) is 10.5. The van der Waals surface area contributed by atoms with Gasteiger partial charge < -0.3 is 10.1 Å². The summed E-state index contributed by atoms with van der Waals surface area (Å²) < 4.78 is 29.1. The minimum absolute atomic E-state index is 0.114. The zero-order valence-corrected chi connectivity index (χ0v) is 16.8. The molecule has 2 rings (SSSR count). The smallest absolute Gasteiger partial charge is 0.252 e. The summed E-state index contributed by atoms with van der Waals surface area (Å²) in [5, 5.41) is 7.89. The zero-order chi connectivity index (χ0) is 19.2. The van der Waals surface area contributed by atoms with Crippen LogP contribution in [0.1, 0.15) is 35.7 Å². The molecule has 0 saturated carbocycles. The van der Waals surface area contributed by atoms with Crippen molar-refractivity contribution in [2.75, 3.05) is 6.61 Å². The van der Waals surface area contributed by atoms with Crippen molar-refractivity contribution < 1.29 is 17.9 Å². The summed E-state index contributed by atoms with van der Waals surface area (Å²) in [6.45, 7) is 3.04. The van der Waals surface area contributed by atoms with Crippen molar-refractivity contribution in [3.05, 3.63) is 58.1 Å². The molecule has 0 aliphatic carbocycles. The topological polar surface area (TPSA) is 98.5 Å². The van der Waals surface area contributed by atoms with Gasteiger partial charge in [-0.2, -0.15) is 0 Å². The lowest BCUT2D eigenvalue weighted by atomic mass is 10.2. The van der Waals surface area contributed by atoms with Gasteiger partial charge in [-0.25, -0.2) is 13.6 Å². The second-order valence-corrected chi connectivity index (χ2v) is 8.13. The van der Waals surface area contributed by atoms with Gasteiger partial charge in [-0.1, -0.05) is 25.5 Å². The molecule has 0 spiro atoms. The molecule has 0 bridgehead atoms. The first-order valence-electron chi connectivity index (χ1n) is 8.13. The van der Waals surface area contributed by atoms with E-state index in [1.807, 2.05) is 24.3 Å². The van der Waals surface area contributed by atoms with Gasteiger partial charge in [0.1, 0.15) is 5.75 Å². The minimum Gasteiger partial charge on any atom is -0.494 e. The van der Waals surface area contributed by atoms with E-state index >= 15 is 0 Å². The Morgan fingerprint density at radius 3 is 2.69 bits per heavy atom. The third-order valence-electron chi connectivity index (χ3n) is 3.63. The fraction of sp³-hybridized carbons (Fsp3) is 0.278. The van der Waals surface area contributed by atoms with Crippen LogP contribution in [0.4, 0.5) is 0 Å². The molecule has 0 heterocycles. The van der Waals surface area contributed by atoms with E-state index in [4.69, 9.17) is 9.88 Å². The summed E-state index contributed by atoms with van der Waals surface area (Å²) in [4.78, 5) is 12.3. The fourth-order valence-electron chi connectivity index (χ4n) is 2.21. The van der Waals surface area contributed by atoms with E-state index in [-0.39, 0.29) is 17.0 Å². The molecule has 0 atom stereocenters. The predicted octanol–water partition coefficient (Wildman–Crippen LogP) is 3.21. The van der Waals surface area contributed by atoms with Crippen molar-refractivity contribution in [1.29, 1.82) is 0 Å². The number of carbonyl (C=O) groups is 1. The SMILES string of the molecule is CCCCOc1cccc(CNC(=O)c2cc(S(N)(=O)=O)ccc2Br)c1. The van der Waals surface area contributed by atoms with Gasteiger partial charge in [0.2, 0.25) is 10.0 Å². The van der Waals surface area contributed by atoms with Crippen molar-refractivity contribution >= 4 is 31.9 Å². The molecule has 0 aliphatic heterocycles. The highest BCUT2D eigenvalue weighted by Gasteiger charge is 2.15. The number of carbonyl (C=O) groups excluding carboxylic acids is 1. The Labute approximate surface area is 161 Å². The maximum absolute atomic E-state index is 12.4. The second kappa shape index (κ2) is 9.16. The number of halogens is 1. The van der Waals surface area contributed by atoms with Crippen LogP contribution in [0.25, 0.3) is 0 Å². The lowest BCUT2D eigenvalue weighted by Gasteiger charge is -2.10. The number of nitrogens with one attached hydrogen (secondary N) is 1. The number of hydrogen-bond donors (Lipinski definition) is 2. The summed E-state index contributed by atoms with van der Waals surface area (Å²) in [6.07, 6.45) is 2.04. The van der Waals surface area contributed by atoms with Crippen molar-refractivity contribution in [3.63, 3.8) is 0 Å². The van der Waals surface area contributed by atoms with Gasteiger partial charge in [-0.3, -0.25) is 4.79 Å². The third kappa shape index (κ3) is 5.82. The van der Waals surface area contributed by atoms with E-state index in [0.717, 1.165) is 24.2 Å². The van der Waals surface area contributed by atoms with Crippen molar-refractivity contribution in [1.82, 2.24) is 5.32 Å². The Hall–Kier alpha value is -1.90. The summed E-state index contributed by atoms with van der Waals surface area (Å²) in [5.41, 5.74) is 1.08. The second-order valence-electron chi connectivity index (χ2n) is 5.72. The predicted molar refractivity (Wildman–Crippen MR) is 104 cm³/mol. The molecule has 0 saturated heterocycles. The van der Waals surface area contributed by atoms with Crippen LogP contribution in [0.5, 0.6) is 5.75 Å². The average Bonchev–Trinajstić information content (AvgIpc) is 2.60. The number of ether oxygens (including phenoxy) is 1. The number of amides is 1. The zero-order valence-electron chi connectivity index (χ0n) is 14.4. The Kier molecular flexibility index (Phi) is 7.19. The number of rotatable bonds is 8. The number of benzene rings is 2. The Morgan fingerprint density at radius 2 is 2.00 bits per heavy atom. The molecule has 3 N–H and O–H groups in total. The van der Waals surface area contributed by atoms with Crippen LogP contribution in [0, 0.1) is 0 Å². The van der Waals surface area contributed by atoms with Crippen molar-refractivity contribution in [3.8, 4) is 5.75 Å². The van der Waals surface area contributed by atoms with E-state index < -0.39 is 15.9 Å². The maximum Gasteiger partial charge on any atom is 0.252 e. The highest BCUT2D eigenvalue weighted by atomic mass is 79.9. The molecule has 0 unspecified atom stereocenters. The quantitative estimate of drug-likeness (QED) is 0.615. The van der Waals surface area contributed by atoms with Gasteiger partial charge >= 0.3 is 0 Å². The fourth-order valence-corrected chi connectivity index (χ4v) is 3.18. The minimum atomic E-state index is -3.88. The number of nitrogens with two attached hydrogens (primary N) is 1. The average molecular weight is 441 g/mol. The molecule has 1 amide bonds. The van der Waals surface area contributed by atoms with E-state index in [9.17, 15) is 13.2 Å². The van der Waals surface area contributed by atoms with E-state index in [2.05, 4.69) is 28.2 Å². The highest BCUT2D eigenvalue weighted by molar-refractivity contribution is 9.10. The number of sulfonamides is 1. The monoisotopic (exact) mass is 440 g/mol. The molecule has 0 fully saturated rings. The molecule has 0 radical (unpaired) electrons. The Morgan fingerprint density at radius 1 is 1.23 bits per heavy atom. The molecule has 0 aromatic heterocycles. The molecule has 140 valence electrons. The van der Waals surface area contributed by atoms with Gasteiger partial charge in [0.05, 0.1) is 17.1 Å². The van der Waals surface area contributed by atoms with Gasteiger partial charge in [0.25, 0.3) is 5.91 Å². The van der Waals surface area contributed by atoms with Crippen LogP contribution in [-0.2, 0) is 16.6 Å². The highest BCUT2D eigenvalue weighted by Crippen LogP contribution is 2.21. The first kappa shape index (κ1) is 20.4. The van der Waals surface area contributed by atoms with Crippen LogP contribution in [0.2, 0.25) is 0 Å². The summed E-state index contributed by atoms with van der Waals surface area (Å²) in [5.74, 6) is 0.349. The van der Waals surface area contributed by atoms with Gasteiger partial charge in [-0.05, 0) is 58.2 Å². The molecule has 2 aromatic carbocycles. The number of unbranched alkanes of at least 4 members (excludes halogenated alkanes) is 1. The van der Waals surface area contributed by atoms with Gasteiger partial charge in [0.15, 0.2) is 0 Å². The van der Waals surface area contributed by atoms with Crippen LogP contribution < -0.4 is 15.2 Å². The van der Waals surface area contributed by atoms with Crippen LogP contribution in [0.15, 0.2) is 51.8 Å². The molecular weight excluding hydrogens is 420 g/mol. The van der Waals surface area contributed by atoms with Crippen molar-refractivity contribution in [2.24, 2.45) is 5.14 Å². The van der Waals surface area contributed by atoms with E-state index in [0.29, 0.717) is 11.1 Å². The lowest BCUT2D eigenvalue weighted by Crippen LogP contribution is -2.24. The Balaban J connectivity index is 2.06. The van der Waals surface area contributed by atoms with Crippen LogP contribution in [-0.4, -0.2) is 20.9 Å². The number of hydrogen-bond acceptors (Lipinski definition) is 4. The molecule has 8 heteroatoms. The standard InChI is InChI=1S/C18H21BrN2O4S/c1-2-3-9-25-14-6-4-5-13(10-14)12-21-18(22)16-11-15(26(20,23)24)7-8-17(16)19/h4-8,10-11H,2-3,9,12H2,1H3,(H,21,22)(H2,20,23,24). The summed E-state index contributed by atoms with van der Waals surface area (Å²) >= 11 is 3.25. The van der Waals surface area contributed by atoms with Crippen molar-refractivity contribution in [2.45, 2.75) is 31.2 Å². The molecule has 0 aliphatic rings. The van der Waals surface area contributed by atoms with E-state index in [1.165, 1.54) is 18.2 Å². The van der Waals surface area contributed by atoms with Crippen LogP contribution in [0.3, 0.4) is 0 Å². The van der Waals surface area contributed by atoms with Crippen LogP contribution >= 0.6 is 15.9 Å². The largest absolute Gasteiger partial charge is 0.494 e. The maximum atomic E-state index is 12.4. The molecule has 2 aromatic rings. The summed E-state index contributed by atoms with van der Waals surface area (Å²) in [6, 6.07) is 11.5. The van der Waals surface area contributed by atoms with Gasteiger partial charge in [-0.15, -0.1) is 0 Å². The first-order chi connectivity index (χ1) is 12.3.